The van der Waals surface area contributed by atoms with Gasteiger partial charge in [-0.1, -0.05) is 31.2 Å². The predicted octanol–water partition coefficient (Wildman–Crippen LogP) is 4.60. The SMILES string of the molecule is CC(CSc1ccccc1O)CC1CSc2ccccc2OC1N. The van der Waals surface area contributed by atoms with Crippen LogP contribution >= 0.6 is 23.5 Å². The van der Waals surface area contributed by atoms with E-state index in [2.05, 4.69) is 13.0 Å². The summed E-state index contributed by atoms with van der Waals surface area (Å²) in [4.78, 5) is 2.11. The molecule has 0 fully saturated rings. The van der Waals surface area contributed by atoms with Gasteiger partial charge in [-0.25, -0.2) is 0 Å². The Morgan fingerprint density at radius 1 is 1.25 bits per heavy atom. The Balaban J connectivity index is 1.55. The molecular formula is C19H23NO2S2. The lowest BCUT2D eigenvalue weighted by atomic mass is 9.97. The standard InChI is InChI=1S/C19H23NO2S2/c1-13(11-23-17-8-4-2-6-15(17)21)10-14-12-24-18-9-5-3-7-16(18)22-19(14)20/h2-9,13-14,19,21H,10-12,20H2,1H3. The molecule has 0 aliphatic carbocycles. The number of phenols is 1. The fourth-order valence-electron chi connectivity index (χ4n) is 2.80. The Kier molecular flexibility index (Phi) is 5.98. The third-order valence-electron chi connectivity index (χ3n) is 4.12. The molecule has 3 N–H and O–H groups in total. The van der Waals surface area contributed by atoms with E-state index in [1.807, 2.05) is 48.2 Å². The van der Waals surface area contributed by atoms with Gasteiger partial charge in [0.05, 0.1) is 0 Å². The van der Waals surface area contributed by atoms with Gasteiger partial charge in [0.2, 0.25) is 0 Å². The van der Waals surface area contributed by atoms with Gasteiger partial charge in [-0.15, -0.1) is 23.5 Å². The molecule has 24 heavy (non-hydrogen) atoms. The fraction of sp³-hybridized carbons (Fsp3) is 0.368. The molecular weight excluding hydrogens is 338 g/mol. The van der Waals surface area contributed by atoms with Gasteiger partial charge in [-0.3, -0.25) is 5.73 Å². The van der Waals surface area contributed by atoms with Crippen molar-refractivity contribution in [3.63, 3.8) is 0 Å². The van der Waals surface area contributed by atoms with Crippen molar-refractivity contribution in [2.75, 3.05) is 11.5 Å². The van der Waals surface area contributed by atoms with Crippen molar-refractivity contribution in [1.82, 2.24) is 0 Å². The number of phenolic OH excluding ortho intramolecular Hbond substituents is 1. The minimum atomic E-state index is -0.265. The quantitative estimate of drug-likeness (QED) is 0.763. The first-order valence-electron chi connectivity index (χ1n) is 8.18. The van der Waals surface area contributed by atoms with E-state index in [1.54, 1.807) is 17.8 Å². The van der Waals surface area contributed by atoms with Crippen LogP contribution in [0.25, 0.3) is 0 Å². The molecule has 0 saturated heterocycles. The van der Waals surface area contributed by atoms with Crippen molar-refractivity contribution < 1.29 is 9.84 Å². The second-order valence-corrected chi connectivity index (χ2v) is 8.34. The maximum Gasteiger partial charge on any atom is 0.151 e. The topological polar surface area (TPSA) is 55.5 Å². The molecule has 128 valence electrons. The highest BCUT2D eigenvalue weighted by atomic mass is 32.2. The maximum atomic E-state index is 9.86. The summed E-state index contributed by atoms with van der Waals surface area (Å²) in [5.74, 6) is 4.00. The number of benzene rings is 2. The first-order chi connectivity index (χ1) is 11.6. The Morgan fingerprint density at radius 3 is 2.83 bits per heavy atom. The zero-order chi connectivity index (χ0) is 16.9. The number of thioether (sulfide) groups is 2. The van der Waals surface area contributed by atoms with Crippen LogP contribution in [0.4, 0.5) is 0 Å². The molecule has 3 unspecified atom stereocenters. The summed E-state index contributed by atoms with van der Waals surface area (Å²) in [5.41, 5.74) is 6.29. The third kappa shape index (κ3) is 4.41. The lowest BCUT2D eigenvalue weighted by Crippen LogP contribution is -2.37. The highest BCUT2D eigenvalue weighted by Gasteiger charge is 2.26. The van der Waals surface area contributed by atoms with Crippen LogP contribution in [-0.2, 0) is 0 Å². The first kappa shape index (κ1) is 17.5. The molecule has 1 aliphatic rings. The largest absolute Gasteiger partial charge is 0.507 e. The summed E-state index contributed by atoms with van der Waals surface area (Å²) in [6, 6.07) is 15.6. The van der Waals surface area contributed by atoms with Gasteiger partial charge in [0.15, 0.2) is 6.23 Å². The van der Waals surface area contributed by atoms with Gasteiger partial charge in [0.1, 0.15) is 11.5 Å². The normalized spacial score (nSPS) is 21.4. The van der Waals surface area contributed by atoms with Crippen LogP contribution in [0.15, 0.2) is 58.3 Å². The van der Waals surface area contributed by atoms with E-state index in [9.17, 15) is 5.11 Å². The van der Waals surface area contributed by atoms with Gasteiger partial charge in [-0.05, 0) is 36.6 Å². The highest BCUT2D eigenvalue weighted by Crippen LogP contribution is 2.37. The van der Waals surface area contributed by atoms with E-state index >= 15 is 0 Å². The summed E-state index contributed by atoms with van der Waals surface area (Å²) in [6.07, 6.45) is 0.752. The second kappa shape index (κ2) is 8.19. The average molecular weight is 362 g/mol. The van der Waals surface area contributed by atoms with Gasteiger partial charge in [0.25, 0.3) is 0 Å². The summed E-state index contributed by atoms with van der Waals surface area (Å²) >= 11 is 3.53. The molecule has 0 bridgehead atoms. The zero-order valence-electron chi connectivity index (χ0n) is 13.7. The molecule has 5 heteroatoms. The Labute approximate surface area is 152 Å². The summed E-state index contributed by atoms with van der Waals surface area (Å²) in [7, 11) is 0. The molecule has 1 heterocycles. The van der Waals surface area contributed by atoms with E-state index in [0.717, 1.165) is 28.6 Å². The van der Waals surface area contributed by atoms with Gasteiger partial charge in [-0.2, -0.15) is 0 Å². The van der Waals surface area contributed by atoms with Crippen LogP contribution in [0, 0.1) is 11.8 Å². The summed E-state index contributed by atoms with van der Waals surface area (Å²) in [5, 5.41) is 9.86. The molecule has 3 nitrogen and oxygen atoms in total. The number of fused-ring (bicyclic) bond motifs is 1. The van der Waals surface area contributed by atoms with Gasteiger partial charge in [0, 0.05) is 27.2 Å². The average Bonchev–Trinajstić information content (AvgIpc) is 2.73. The third-order valence-corrected chi connectivity index (χ3v) is 6.76. The Bertz CT molecular complexity index is 680. The zero-order valence-corrected chi connectivity index (χ0v) is 15.4. The van der Waals surface area contributed by atoms with Crippen molar-refractivity contribution >= 4 is 23.5 Å². The van der Waals surface area contributed by atoms with Crippen LogP contribution in [0.5, 0.6) is 11.5 Å². The molecule has 0 amide bonds. The highest BCUT2D eigenvalue weighted by molar-refractivity contribution is 7.99. The smallest absolute Gasteiger partial charge is 0.151 e. The predicted molar refractivity (Wildman–Crippen MR) is 102 cm³/mol. The minimum Gasteiger partial charge on any atom is -0.507 e. The molecule has 0 spiro atoms. The lowest BCUT2D eigenvalue weighted by Gasteiger charge is -2.24. The number of rotatable bonds is 5. The number of nitrogens with two attached hydrogens (primary N) is 1. The maximum absolute atomic E-state index is 9.86. The van der Waals surface area contributed by atoms with Crippen molar-refractivity contribution in [3.8, 4) is 11.5 Å². The number of hydrogen-bond donors (Lipinski definition) is 2. The minimum absolute atomic E-state index is 0.265. The number of hydrogen-bond acceptors (Lipinski definition) is 5. The lowest BCUT2D eigenvalue weighted by molar-refractivity contribution is 0.138. The van der Waals surface area contributed by atoms with E-state index in [-0.39, 0.29) is 6.23 Å². The number of aromatic hydroxyl groups is 1. The molecule has 0 radical (unpaired) electrons. The molecule has 1 aliphatic heterocycles. The van der Waals surface area contributed by atoms with Crippen molar-refractivity contribution in [2.24, 2.45) is 17.6 Å². The van der Waals surface area contributed by atoms with E-state index in [0.29, 0.717) is 17.6 Å². The van der Waals surface area contributed by atoms with Crippen molar-refractivity contribution in [3.05, 3.63) is 48.5 Å². The fourth-order valence-corrected chi connectivity index (χ4v) is 4.94. The van der Waals surface area contributed by atoms with E-state index in [4.69, 9.17) is 10.5 Å². The van der Waals surface area contributed by atoms with Crippen LogP contribution < -0.4 is 10.5 Å². The molecule has 3 rings (SSSR count). The monoisotopic (exact) mass is 361 g/mol. The number of ether oxygens (including phenoxy) is 1. The molecule has 0 saturated carbocycles. The molecule has 2 aromatic rings. The molecule has 3 atom stereocenters. The van der Waals surface area contributed by atoms with Crippen molar-refractivity contribution in [2.45, 2.75) is 29.4 Å². The van der Waals surface area contributed by atoms with Crippen LogP contribution in [0.1, 0.15) is 13.3 Å². The van der Waals surface area contributed by atoms with Crippen LogP contribution in [-0.4, -0.2) is 22.8 Å². The Morgan fingerprint density at radius 2 is 2.00 bits per heavy atom. The van der Waals surface area contributed by atoms with Crippen molar-refractivity contribution in [1.29, 1.82) is 0 Å². The van der Waals surface area contributed by atoms with E-state index < -0.39 is 0 Å². The Hall–Kier alpha value is -1.30. The second-order valence-electron chi connectivity index (χ2n) is 6.22. The summed E-state index contributed by atoms with van der Waals surface area (Å²) < 4.78 is 5.96. The van der Waals surface area contributed by atoms with Crippen LogP contribution in [0.3, 0.4) is 0 Å². The first-order valence-corrected chi connectivity index (χ1v) is 10.2. The van der Waals surface area contributed by atoms with Gasteiger partial charge >= 0.3 is 0 Å². The molecule has 2 aromatic carbocycles. The van der Waals surface area contributed by atoms with E-state index in [1.165, 1.54) is 4.90 Å². The molecule has 0 aromatic heterocycles. The van der Waals surface area contributed by atoms with Gasteiger partial charge < -0.3 is 9.84 Å². The summed E-state index contributed by atoms with van der Waals surface area (Å²) in [6.45, 7) is 2.24. The number of para-hydroxylation sites is 2. The van der Waals surface area contributed by atoms with Crippen LogP contribution in [0.2, 0.25) is 0 Å².